The van der Waals surface area contributed by atoms with Crippen LogP contribution >= 0.6 is 15.9 Å². The molecular formula is C42H44BBrF6N8O8. The summed E-state index contributed by atoms with van der Waals surface area (Å²) in [6.07, 6.45) is -4.30. The maximum Gasteiger partial charge on any atom is 0.494 e. The molecule has 16 nitrogen and oxygen atoms in total. The number of hydrogen-bond donors (Lipinski definition) is 2. The number of hydrogen-bond acceptors (Lipinski definition) is 14. The van der Waals surface area contributed by atoms with Crippen molar-refractivity contribution < 1.29 is 64.5 Å². The lowest BCUT2D eigenvalue weighted by Crippen LogP contribution is -2.32. The number of aryl methyl sites for hydroxylation is 6. The fraction of sp³-hybridized carbons (Fsp3) is 0.333. The summed E-state index contributed by atoms with van der Waals surface area (Å²) in [5.41, 5.74) is 1.72. The summed E-state index contributed by atoms with van der Waals surface area (Å²) in [7, 11) is -1.48. The monoisotopic (exact) mass is 992 g/mol. The zero-order valence-corrected chi connectivity index (χ0v) is 38.7. The molecule has 0 bridgehead atoms. The number of aromatic nitrogens is 8. The fourth-order valence-corrected chi connectivity index (χ4v) is 6.19. The largest absolute Gasteiger partial charge is 0.494 e. The van der Waals surface area contributed by atoms with E-state index in [0.717, 1.165) is 24.3 Å². The second-order valence-electron chi connectivity index (χ2n) is 15.0. The first-order valence-electron chi connectivity index (χ1n) is 19.6. The zero-order chi connectivity index (χ0) is 49.4. The van der Waals surface area contributed by atoms with Gasteiger partial charge in [0.25, 0.3) is 0 Å². The van der Waals surface area contributed by atoms with Gasteiger partial charge in [-0.3, -0.25) is 0 Å². The van der Waals surface area contributed by atoms with Gasteiger partial charge in [-0.2, -0.15) is 26.3 Å². The Kier molecular flexibility index (Phi) is 17.2. The first-order chi connectivity index (χ1) is 30.6. The van der Waals surface area contributed by atoms with E-state index in [1.165, 1.54) is 34.4 Å². The molecule has 0 saturated heterocycles. The summed E-state index contributed by atoms with van der Waals surface area (Å²) in [5, 5.41) is 33.2. The maximum absolute atomic E-state index is 13.1. The van der Waals surface area contributed by atoms with E-state index in [9.17, 15) is 35.9 Å². The van der Waals surface area contributed by atoms with Gasteiger partial charge in [-0.05, 0) is 133 Å². The number of carbonyl (C=O) groups is 2. The van der Waals surface area contributed by atoms with Crippen LogP contribution in [0.25, 0.3) is 40.7 Å². The molecule has 0 aliphatic rings. The summed E-state index contributed by atoms with van der Waals surface area (Å²) in [6, 6.07) is 7.19. The minimum Gasteiger partial charge on any atom is -0.459 e. The van der Waals surface area contributed by atoms with Crippen LogP contribution in [0.15, 0.2) is 62.6 Å². The van der Waals surface area contributed by atoms with Gasteiger partial charge in [-0.1, -0.05) is 10.3 Å². The van der Waals surface area contributed by atoms with Crippen molar-refractivity contribution in [3.63, 3.8) is 0 Å². The first kappa shape index (κ1) is 52.2. The lowest BCUT2D eigenvalue weighted by atomic mass is 9.79. The van der Waals surface area contributed by atoms with E-state index in [1.807, 2.05) is 0 Å². The van der Waals surface area contributed by atoms with Crippen molar-refractivity contribution >= 4 is 58.4 Å². The maximum atomic E-state index is 13.1. The number of rotatable bonds is 10. The summed E-state index contributed by atoms with van der Waals surface area (Å²) < 4.78 is 101. The van der Waals surface area contributed by atoms with Gasteiger partial charge in [0, 0.05) is 22.8 Å². The molecular weight excluding hydrogens is 949 g/mol. The van der Waals surface area contributed by atoms with E-state index >= 15 is 0 Å². The minimum absolute atomic E-state index is 0.0841. The molecule has 0 saturated carbocycles. The van der Waals surface area contributed by atoms with Crippen LogP contribution in [0.3, 0.4) is 0 Å². The van der Waals surface area contributed by atoms with Gasteiger partial charge in [-0.25, -0.2) is 28.9 Å². The highest BCUT2D eigenvalue weighted by Gasteiger charge is 2.32. The topological polar surface area (TPSA) is 207 Å². The van der Waals surface area contributed by atoms with E-state index in [-0.39, 0.29) is 45.0 Å². The Morgan fingerprint density at radius 3 is 1.50 bits per heavy atom. The van der Waals surface area contributed by atoms with Crippen molar-refractivity contribution in [2.24, 2.45) is 0 Å². The normalized spacial score (nSPS) is 12.1. The van der Waals surface area contributed by atoms with E-state index in [1.54, 1.807) is 81.4 Å². The van der Waals surface area contributed by atoms with Crippen LogP contribution in [-0.2, 0) is 31.4 Å². The van der Waals surface area contributed by atoms with Gasteiger partial charge >= 0.3 is 31.4 Å². The smallest absolute Gasteiger partial charge is 0.459 e. The number of nitrogens with zero attached hydrogens (tertiary/aromatic N) is 8. The van der Waals surface area contributed by atoms with Crippen LogP contribution in [0.5, 0.6) is 0 Å². The zero-order valence-electron chi connectivity index (χ0n) is 37.1. The summed E-state index contributed by atoms with van der Waals surface area (Å²) >= 11 is 3.07. The highest BCUT2D eigenvalue weighted by molar-refractivity contribution is 9.12. The minimum atomic E-state index is -4.49. The number of carbonyl (C=O) groups excluding carboxylic acids is 2. The number of alkyl halides is 6. The van der Waals surface area contributed by atoms with Crippen molar-refractivity contribution in [3.05, 3.63) is 104 Å². The molecule has 0 unspecified atom stereocenters. The molecule has 0 aliphatic heterocycles. The molecule has 24 heteroatoms. The van der Waals surface area contributed by atoms with Gasteiger partial charge < -0.3 is 28.6 Å². The Morgan fingerprint density at radius 2 is 1.12 bits per heavy atom. The average molecular weight is 994 g/mol. The van der Waals surface area contributed by atoms with E-state index in [4.69, 9.17) is 24.0 Å². The lowest BCUT2D eigenvalue weighted by Gasteiger charge is -2.11. The molecule has 0 atom stereocenters. The first-order valence-corrected chi connectivity index (χ1v) is 20.4. The molecule has 0 radical (unpaired) electrons. The third-order valence-electron chi connectivity index (χ3n) is 8.60. The van der Waals surface area contributed by atoms with Crippen molar-refractivity contribution in [2.45, 2.75) is 93.8 Å². The Hall–Kier alpha value is -6.40. The quantitative estimate of drug-likeness (QED) is 0.0574. The molecule has 4 heterocycles. The molecule has 0 aliphatic carbocycles. The Balaban J connectivity index is 0.000000242. The summed E-state index contributed by atoms with van der Waals surface area (Å²) in [5.74, 6) is -0.132. The number of halogens is 7. The van der Waals surface area contributed by atoms with Gasteiger partial charge in [0.05, 0.1) is 52.1 Å². The summed E-state index contributed by atoms with van der Waals surface area (Å²) in [4.78, 5) is 32.5. The van der Waals surface area contributed by atoms with Crippen LogP contribution in [-0.4, -0.2) is 81.2 Å². The molecule has 0 amide bonds. The van der Waals surface area contributed by atoms with Crippen LogP contribution in [0.2, 0.25) is 0 Å². The van der Waals surface area contributed by atoms with Crippen molar-refractivity contribution in [1.29, 1.82) is 0 Å². The van der Waals surface area contributed by atoms with E-state index < -0.39 is 42.5 Å². The predicted octanol–water partition coefficient (Wildman–Crippen LogP) is 8.22. The van der Waals surface area contributed by atoms with E-state index in [2.05, 4.69) is 50.9 Å². The van der Waals surface area contributed by atoms with Crippen molar-refractivity contribution in [3.8, 4) is 22.8 Å². The molecule has 2 aromatic carbocycles. The molecule has 2 N–H and O–H groups in total. The Morgan fingerprint density at radius 1 is 0.682 bits per heavy atom. The second kappa shape index (κ2) is 21.7. The molecule has 66 heavy (non-hydrogen) atoms. The molecule has 352 valence electrons. The summed E-state index contributed by atoms with van der Waals surface area (Å²) in [6.45, 7) is 16.6. The molecule has 6 aromatic rings. The average Bonchev–Trinajstić information content (AvgIpc) is 4.01. The molecule has 0 fully saturated rings. The highest BCUT2D eigenvalue weighted by atomic mass is 79.9. The van der Waals surface area contributed by atoms with Gasteiger partial charge in [-0.15, -0.1) is 10.2 Å². The molecule has 6 rings (SSSR count). The highest BCUT2D eigenvalue weighted by Crippen LogP contribution is 2.34. The number of benzene rings is 2. The molecule has 4 aromatic heterocycles. The predicted molar refractivity (Wildman–Crippen MR) is 232 cm³/mol. The van der Waals surface area contributed by atoms with E-state index in [0.29, 0.717) is 45.1 Å². The fourth-order valence-electron chi connectivity index (χ4n) is 5.88. The standard InChI is InChI=1S/C21H21F3N4O3.C16H15BrF3N3O2.C5H8BNO3/c1-11(2)30-20(29)17(18-13(4)27-31-14(18)5)9-28-10-25-19(26-28)15-6-12(3)7-16(8-15)21(22,23)24;1-9(2)25-15(24)13(17)7-23-8-21-14(22-23)11-4-10(3)5-12(6-11)16(18,19)20;1-3-5(6(8)9)4(2)10-7-3/h6-11H,1-5H3;4-9H,1-3H3;8-9H,1-2H3/b17-9+;13-7-;. The third-order valence-corrected chi connectivity index (χ3v) is 9.13. The third kappa shape index (κ3) is 14.3. The van der Waals surface area contributed by atoms with Gasteiger partial charge in [0.15, 0.2) is 11.6 Å². The van der Waals surface area contributed by atoms with Crippen molar-refractivity contribution in [1.82, 2.24) is 39.8 Å². The van der Waals surface area contributed by atoms with Crippen LogP contribution in [0.4, 0.5) is 26.3 Å². The lowest BCUT2D eigenvalue weighted by molar-refractivity contribution is -0.142. The van der Waals surface area contributed by atoms with Gasteiger partial charge in [0.2, 0.25) is 0 Å². The molecule has 0 spiro atoms. The SMILES string of the molecule is Cc1cc(-c2ncn(/C=C(/C(=O)OC(C)C)c3c(C)noc3C)n2)cc(C(F)(F)F)c1.Cc1cc(-c2ncn(/C=C(\Br)C(=O)OC(C)C)n2)cc(C(F)(F)F)c1.Cc1noc(C)c1B(O)O. The van der Waals surface area contributed by atoms with Crippen molar-refractivity contribution in [2.75, 3.05) is 0 Å². The number of esters is 2. The second-order valence-corrected chi connectivity index (χ2v) is 15.9. The van der Waals surface area contributed by atoms with Gasteiger partial charge in [0.1, 0.15) is 28.7 Å². The Bertz CT molecular complexity index is 2680. The van der Waals surface area contributed by atoms with Crippen LogP contribution in [0, 0.1) is 41.5 Å². The van der Waals surface area contributed by atoms with Crippen LogP contribution < -0.4 is 5.46 Å². The number of ether oxygens (including phenoxy) is 2. The van der Waals surface area contributed by atoms with Crippen LogP contribution in [0.1, 0.15) is 78.4 Å². The Labute approximate surface area is 382 Å².